The maximum absolute atomic E-state index is 13.7. The number of nitriles is 1. The summed E-state index contributed by atoms with van der Waals surface area (Å²) in [5.74, 6) is 7.83. The summed E-state index contributed by atoms with van der Waals surface area (Å²) in [6, 6.07) is 11.5. The molecular weight excluding hydrogens is 662 g/mol. The molecule has 0 unspecified atom stereocenters. The van der Waals surface area contributed by atoms with E-state index in [9.17, 15) is 14.9 Å². The molecule has 4 fully saturated rings. The number of carbonyl (C=O) groups is 2. The Bertz CT molecular complexity index is 1820. The van der Waals surface area contributed by atoms with Gasteiger partial charge >= 0.3 is 6.09 Å². The van der Waals surface area contributed by atoms with Crippen molar-refractivity contribution in [2.45, 2.75) is 111 Å². The highest BCUT2D eigenvalue weighted by molar-refractivity contribution is 6.31. The Labute approximate surface area is 307 Å². The van der Waals surface area contributed by atoms with Gasteiger partial charge in [0.25, 0.3) is 5.91 Å². The second-order valence-corrected chi connectivity index (χ2v) is 18.2. The van der Waals surface area contributed by atoms with Crippen LogP contribution in [0.15, 0.2) is 30.3 Å². The molecule has 2 amide bonds. The quantitative estimate of drug-likeness (QED) is 0.307. The van der Waals surface area contributed by atoms with E-state index >= 15 is 0 Å². The van der Waals surface area contributed by atoms with Gasteiger partial charge < -0.3 is 19.3 Å². The minimum absolute atomic E-state index is 0.00396. The van der Waals surface area contributed by atoms with Crippen molar-refractivity contribution in [3.63, 3.8) is 0 Å². The molecule has 1 spiro atoms. The first kappa shape index (κ1) is 35.6. The van der Waals surface area contributed by atoms with E-state index in [1.807, 2.05) is 42.7 Å². The van der Waals surface area contributed by atoms with E-state index in [4.69, 9.17) is 26.1 Å². The topological polar surface area (TPSA) is 99.0 Å². The molecule has 2 saturated heterocycles. The van der Waals surface area contributed by atoms with Gasteiger partial charge in [-0.15, -0.1) is 0 Å². The number of amides is 2. The fourth-order valence-corrected chi connectivity index (χ4v) is 10.2. The average molecular weight is 712 g/mol. The summed E-state index contributed by atoms with van der Waals surface area (Å²) in [5, 5.41) is 9.60. The molecule has 5 aliphatic rings. The Balaban J connectivity index is 0.920. The van der Waals surface area contributed by atoms with Gasteiger partial charge in [0.2, 0.25) is 0 Å². The lowest BCUT2D eigenvalue weighted by molar-refractivity contribution is -0.199. The van der Waals surface area contributed by atoms with Crippen LogP contribution < -0.4 is 4.74 Å². The van der Waals surface area contributed by atoms with E-state index in [1.54, 1.807) is 18.2 Å². The first-order valence-corrected chi connectivity index (χ1v) is 18.8. The van der Waals surface area contributed by atoms with Crippen LogP contribution >= 0.6 is 11.6 Å². The van der Waals surface area contributed by atoms with Gasteiger partial charge in [0.1, 0.15) is 29.2 Å². The lowest BCUT2D eigenvalue weighted by atomic mass is 9.49. The van der Waals surface area contributed by atoms with Crippen LogP contribution in [0.25, 0.3) is 0 Å². The largest absolute Gasteiger partial charge is 0.489 e. The van der Waals surface area contributed by atoms with E-state index < -0.39 is 5.60 Å². The molecule has 270 valence electrons. The predicted octanol–water partition coefficient (Wildman–Crippen LogP) is 7.30. The van der Waals surface area contributed by atoms with Crippen LogP contribution in [0, 0.1) is 45.3 Å². The van der Waals surface area contributed by atoms with E-state index in [-0.39, 0.29) is 40.4 Å². The highest BCUT2D eigenvalue weighted by Gasteiger charge is 2.67. The third kappa shape index (κ3) is 6.57. The molecule has 0 bridgehead atoms. The second-order valence-electron chi connectivity index (χ2n) is 17.8. The van der Waals surface area contributed by atoms with Gasteiger partial charge in [-0.2, -0.15) is 5.26 Å². The number of halogens is 1. The van der Waals surface area contributed by atoms with Crippen LogP contribution in [0.3, 0.4) is 0 Å². The normalized spacial score (nSPS) is 27.5. The van der Waals surface area contributed by atoms with E-state index in [2.05, 4.69) is 50.5 Å². The monoisotopic (exact) mass is 711 g/mol. The lowest BCUT2D eigenvalue weighted by Crippen LogP contribution is -2.74. The number of fused-ring (bicyclic) bond motifs is 1. The first-order chi connectivity index (χ1) is 24.0. The van der Waals surface area contributed by atoms with Crippen molar-refractivity contribution in [1.82, 2.24) is 19.7 Å². The number of nitrogens with zero attached hydrogens (tertiary/aromatic N) is 5. The fraction of sp³-hybridized carbons (Fsp3) is 0.610. The second kappa shape index (κ2) is 12.7. The maximum atomic E-state index is 13.7. The molecule has 51 heavy (non-hydrogen) atoms. The zero-order valence-corrected chi connectivity index (χ0v) is 31.8. The summed E-state index contributed by atoms with van der Waals surface area (Å²) in [5.41, 5.74) is 1.66. The van der Waals surface area contributed by atoms with E-state index in [0.29, 0.717) is 40.4 Å². The van der Waals surface area contributed by atoms with Crippen molar-refractivity contribution in [2.75, 3.05) is 26.2 Å². The number of pyridine rings is 1. The van der Waals surface area contributed by atoms with E-state index in [1.165, 1.54) is 0 Å². The van der Waals surface area contributed by atoms with Gasteiger partial charge in [-0.3, -0.25) is 9.69 Å². The summed E-state index contributed by atoms with van der Waals surface area (Å²) in [6.45, 7) is 18.5. The van der Waals surface area contributed by atoms with Gasteiger partial charge in [-0.25, -0.2) is 9.78 Å². The minimum atomic E-state index is -0.464. The number of aromatic nitrogens is 1. The zero-order chi connectivity index (χ0) is 36.5. The van der Waals surface area contributed by atoms with Crippen LogP contribution in [-0.2, 0) is 11.3 Å². The Kier molecular flexibility index (Phi) is 8.87. The summed E-state index contributed by atoms with van der Waals surface area (Å²) >= 11 is 6.28. The molecule has 2 aromatic rings. The zero-order valence-electron chi connectivity index (χ0n) is 31.0. The van der Waals surface area contributed by atoms with Crippen LogP contribution in [-0.4, -0.2) is 81.7 Å². The van der Waals surface area contributed by atoms with Crippen molar-refractivity contribution >= 4 is 23.6 Å². The van der Waals surface area contributed by atoms with Gasteiger partial charge in [-0.05, 0) is 83.1 Å². The molecule has 0 N–H and O–H groups in total. The van der Waals surface area contributed by atoms with Crippen LogP contribution in [0.1, 0.15) is 108 Å². The van der Waals surface area contributed by atoms with Gasteiger partial charge in [0, 0.05) is 66.5 Å². The van der Waals surface area contributed by atoms with Gasteiger partial charge in [-0.1, -0.05) is 45.2 Å². The van der Waals surface area contributed by atoms with Crippen molar-refractivity contribution in [3.8, 4) is 23.7 Å². The highest BCUT2D eigenvalue weighted by atomic mass is 35.5. The Morgan fingerprint density at radius 1 is 1.02 bits per heavy atom. The highest BCUT2D eigenvalue weighted by Crippen LogP contribution is 2.59. The first-order valence-electron chi connectivity index (χ1n) is 18.4. The number of rotatable bonds is 4. The minimum Gasteiger partial charge on any atom is -0.489 e. The van der Waals surface area contributed by atoms with Crippen molar-refractivity contribution < 1.29 is 19.1 Å². The van der Waals surface area contributed by atoms with E-state index in [0.717, 1.165) is 69.7 Å². The summed E-state index contributed by atoms with van der Waals surface area (Å²) in [6.07, 6.45) is 5.14. The Morgan fingerprint density at radius 2 is 1.73 bits per heavy atom. The number of hydrogen-bond donors (Lipinski definition) is 0. The standard InChI is InChI=1S/C41H50ClN5O4/c1-38(2,3)51-37(49)45-19-18-41(23-45)24-46(25-41)29-14-9-26(10-15-29)8-12-28-13-17-31-33(44-28)22-47(34(31)48)35-39(4,5)36(40(35,6)7)50-30-16-11-27(21-43)32(42)20-30/h11,13,16-17,20,26,29,35-36H,9-10,14-15,18-19,22-25H2,1-7H3. The predicted molar refractivity (Wildman–Crippen MR) is 195 cm³/mol. The average Bonchev–Trinajstić information content (AvgIpc) is 3.63. The number of ether oxygens (including phenoxy) is 2. The van der Waals surface area contributed by atoms with Crippen molar-refractivity contribution in [3.05, 3.63) is 57.9 Å². The lowest BCUT2D eigenvalue weighted by Gasteiger charge is -2.65. The summed E-state index contributed by atoms with van der Waals surface area (Å²) < 4.78 is 12.1. The van der Waals surface area contributed by atoms with Gasteiger partial charge in [0.15, 0.2) is 0 Å². The maximum Gasteiger partial charge on any atom is 0.410 e. The molecule has 10 heteroatoms. The smallest absolute Gasteiger partial charge is 0.410 e. The molecule has 1 aromatic heterocycles. The fourth-order valence-electron chi connectivity index (χ4n) is 10.0. The van der Waals surface area contributed by atoms with Crippen LogP contribution in [0.5, 0.6) is 5.75 Å². The van der Waals surface area contributed by atoms with Crippen molar-refractivity contribution in [2.24, 2.45) is 22.2 Å². The molecule has 0 atom stereocenters. The summed E-state index contributed by atoms with van der Waals surface area (Å²) in [7, 11) is 0. The molecule has 9 nitrogen and oxygen atoms in total. The summed E-state index contributed by atoms with van der Waals surface area (Å²) in [4.78, 5) is 37.7. The molecule has 1 aromatic carbocycles. The van der Waals surface area contributed by atoms with Crippen LogP contribution in [0.4, 0.5) is 4.79 Å². The number of hydrogen-bond acceptors (Lipinski definition) is 7. The molecule has 0 radical (unpaired) electrons. The molecular formula is C41H50ClN5O4. The molecule has 4 heterocycles. The number of carbonyl (C=O) groups excluding carboxylic acids is 2. The molecule has 7 rings (SSSR count). The Hall–Kier alpha value is -3.79. The van der Waals surface area contributed by atoms with Gasteiger partial charge in [0.05, 0.1) is 28.4 Å². The number of likely N-dealkylation sites (tertiary alicyclic amines) is 2. The number of benzene rings is 1. The molecule has 3 aliphatic heterocycles. The third-order valence-corrected chi connectivity index (χ3v) is 12.3. The molecule has 2 saturated carbocycles. The molecule has 2 aliphatic carbocycles. The third-order valence-electron chi connectivity index (χ3n) is 12.0. The van der Waals surface area contributed by atoms with Crippen LogP contribution in [0.2, 0.25) is 5.02 Å². The SMILES string of the molecule is CC(C)(C)OC(=O)N1CCC2(C1)CN(C1CCC(C#Cc3ccc4c(n3)CN(C3C(C)(C)C(Oc5ccc(C#N)c(Cl)c5)C3(C)C)C4=O)CC1)C2. The Morgan fingerprint density at radius 3 is 2.37 bits per heavy atom. The van der Waals surface area contributed by atoms with Crippen molar-refractivity contribution in [1.29, 1.82) is 5.26 Å².